The summed E-state index contributed by atoms with van der Waals surface area (Å²) in [5.41, 5.74) is 1.15. The highest BCUT2D eigenvalue weighted by Gasteiger charge is 2.33. The minimum Gasteiger partial charge on any atom is -0.354 e. The fraction of sp³-hybridized carbons (Fsp3) is 0.529. The first-order valence-corrected chi connectivity index (χ1v) is 9.22. The van der Waals surface area contributed by atoms with E-state index >= 15 is 0 Å². The number of nitrogens with zero attached hydrogens (tertiary/aromatic N) is 3. The monoisotopic (exact) mass is 330 g/mol. The van der Waals surface area contributed by atoms with E-state index in [1.165, 1.54) is 17.7 Å². The van der Waals surface area contributed by atoms with E-state index in [0.717, 1.165) is 37.7 Å². The molecule has 1 saturated carbocycles. The predicted molar refractivity (Wildman–Crippen MR) is 90.3 cm³/mol. The molecule has 2 aromatic rings. The topological polar surface area (TPSA) is 50.2 Å². The van der Waals surface area contributed by atoms with Crippen molar-refractivity contribution in [3.63, 3.8) is 0 Å². The number of thiophene rings is 1. The normalized spacial score (nSPS) is 21.1. The summed E-state index contributed by atoms with van der Waals surface area (Å²) in [6.07, 6.45) is 5.39. The van der Waals surface area contributed by atoms with Gasteiger partial charge in [-0.3, -0.25) is 14.4 Å². The van der Waals surface area contributed by atoms with Crippen LogP contribution in [0.25, 0.3) is 0 Å². The lowest BCUT2D eigenvalue weighted by Crippen LogP contribution is -2.45. The van der Waals surface area contributed by atoms with Crippen LogP contribution in [0.1, 0.15) is 29.5 Å². The standard InChI is InChI=1S/C17H22N4OS/c22-17(18-7-6-15-2-1-9-23-15)16-12-20(10-13-3-4-13)11-14-5-8-19-21(14)16/h1-2,5,8-9,13,16H,3-4,6-7,10-12H2,(H,18,22)/t16-/m1/s1. The zero-order valence-electron chi connectivity index (χ0n) is 13.1. The highest BCUT2D eigenvalue weighted by atomic mass is 32.1. The zero-order chi connectivity index (χ0) is 15.6. The maximum atomic E-state index is 12.6. The minimum absolute atomic E-state index is 0.0898. The van der Waals surface area contributed by atoms with Gasteiger partial charge in [-0.15, -0.1) is 11.3 Å². The van der Waals surface area contributed by atoms with Crippen LogP contribution in [0, 0.1) is 5.92 Å². The second-order valence-corrected chi connectivity index (χ2v) is 7.57. The highest BCUT2D eigenvalue weighted by molar-refractivity contribution is 7.09. The number of hydrogen-bond donors (Lipinski definition) is 1. The Kier molecular flexibility index (Phi) is 4.18. The van der Waals surface area contributed by atoms with Crippen molar-refractivity contribution in [2.45, 2.75) is 31.8 Å². The molecule has 5 nitrogen and oxygen atoms in total. The maximum absolute atomic E-state index is 12.6. The van der Waals surface area contributed by atoms with Gasteiger partial charge in [-0.25, -0.2) is 0 Å². The van der Waals surface area contributed by atoms with E-state index in [0.29, 0.717) is 6.54 Å². The van der Waals surface area contributed by atoms with E-state index in [-0.39, 0.29) is 11.9 Å². The van der Waals surface area contributed by atoms with Crippen LogP contribution in [-0.2, 0) is 17.8 Å². The molecule has 0 radical (unpaired) electrons. The Morgan fingerprint density at radius 2 is 2.30 bits per heavy atom. The zero-order valence-corrected chi connectivity index (χ0v) is 14.0. The first-order chi connectivity index (χ1) is 11.3. The average Bonchev–Trinajstić information content (AvgIpc) is 3.03. The van der Waals surface area contributed by atoms with E-state index in [1.54, 1.807) is 11.3 Å². The van der Waals surface area contributed by atoms with Gasteiger partial charge in [0, 0.05) is 37.3 Å². The van der Waals surface area contributed by atoms with Crippen LogP contribution in [0.4, 0.5) is 0 Å². The van der Waals surface area contributed by atoms with Crippen LogP contribution in [-0.4, -0.2) is 40.2 Å². The van der Waals surface area contributed by atoms with E-state index in [4.69, 9.17) is 0 Å². The Morgan fingerprint density at radius 1 is 1.39 bits per heavy atom. The van der Waals surface area contributed by atoms with Gasteiger partial charge in [0.25, 0.3) is 0 Å². The smallest absolute Gasteiger partial charge is 0.246 e. The Hall–Kier alpha value is -1.66. The summed E-state index contributed by atoms with van der Waals surface area (Å²) in [4.78, 5) is 16.4. The van der Waals surface area contributed by atoms with Gasteiger partial charge in [0.15, 0.2) is 0 Å². The largest absolute Gasteiger partial charge is 0.354 e. The SMILES string of the molecule is O=C(NCCc1cccs1)[C@H]1CN(CC2CC2)Cc2ccnn21. The van der Waals surface area contributed by atoms with Crippen molar-refractivity contribution < 1.29 is 4.79 Å². The van der Waals surface area contributed by atoms with Gasteiger partial charge in [0.05, 0.1) is 5.69 Å². The molecule has 1 aliphatic carbocycles. The van der Waals surface area contributed by atoms with Gasteiger partial charge >= 0.3 is 0 Å². The lowest BCUT2D eigenvalue weighted by atomic mass is 10.1. The molecule has 3 heterocycles. The summed E-state index contributed by atoms with van der Waals surface area (Å²) in [7, 11) is 0. The lowest BCUT2D eigenvalue weighted by Gasteiger charge is -2.33. The van der Waals surface area contributed by atoms with Crippen LogP contribution < -0.4 is 5.32 Å². The summed E-state index contributed by atoms with van der Waals surface area (Å²) in [6, 6.07) is 6.00. The van der Waals surface area contributed by atoms with E-state index in [9.17, 15) is 4.79 Å². The number of carbonyl (C=O) groups excluding carboxylic acids is 1. The molecule has 0 aromatic carbocycles. The number of aromatic nitrogens is 2. The third-order valence-corrected chi connectivity index (χ3v) is 5.57. The first-order valence-electron chi connectivity index (χ1n) is 8.34. The van der Waals surface area contributed by atoms with Crippen molar-refractivity contribution in [1.29, 1.82) is 0 Å². The molecule has 2 aliphatic rings. The molecule has 1 atom stereocenters. The average molecular weight is 330 g/mol. The summed E-state index contributed by atoms with van der Waals surface area (Å²) in [5, 5.41) is 9.54. The van der Waals surface area contributed by atoms with E-state index < -0.39 is 0 Å². The fourth-order valence-electron chi connectivity index (χ4n) is 3.24. The number of fused-ring (bicyclic) bond motifs is 1. The summed E-state index contributed by atoms with van der Waals surface area (Å²) in [5.74, 6) is 0.930. The Bertz CT molecular complexity index is 662. The molecule has 0 spiro atoms. The van der Waals surface area contributed by atoms with Gasteiger partial charge in [0.1, 0.15) is 6.04 Å². The van der Waals surface area contributed by atoms with Gasteiger partial charge in [-0.1, -0.05) is 6.07 Å². The molecule has 23 heavy (non-hydrogen) atoms. The molecule has 0 unspecified atom stereocenters. The van der Waals surface area contributed by atoms with Crippen molar-refractivity contribution in [2.24, 2.45) is 5.92 Å². The van der Waals surface area contributed by atoms with Crippen molar-refractivity contribution in [1.82, 2.24) is 20.0 Å². The first kappa shape index (κ1) is 14.9. The molecule has 4 rings (SSSR count). The summed E-state index contributed by atoms with van der Waals surface area (Å²) >= 11 is 1.74. The molecule has 6 heteroatoms. The lowest BCUT2D eigenvalue weighted by molar-refractivity contribution is -0.126. The molecular formula is C17H22N4OS. The number of hydrogen-bond acceptors (Lipinski definition) is 4. The van der Waals surface area contributed by atoms with Crippen LogP contribution in [0.2, 0.25) is 0 Å². The van der Waals surface area contributed by atoms with Gasteiger partial charge in [0.2, 0.25) is 5.91 Å². The van der Waals surface area contributed by atoms with Crippen molar-refractivity contribution in [3.05, 3.63) is 40.3 Å². The highest BCUT2D eigenvalue weighted by Crippen LogP contribution is 2.32. The molecule has 122 valence electrons. The second-order valence-electron chi connectivity index (χ2n) is 6.54. The molecule has 0 bridgehead atoms. The second kappa shape index (κ2) is 6.45. The molecule has 0 saturated heterocycles. The van der Waals surface area contributed by atoms with Crippen LogP contribution in [0.5, 0.6) is 0 Å². The van der Waals surface area contributed by atoms with Crippen LogP contribution >= 0.6 is 11.3 Å². The maximum Gasteiger partial charge on any atom is 0.246 e. The third-order valence-electron chi connectivity index (χ3n) is 4.63. The predicted octanol–water partition coefficient (Wildman–Crippen LogP) is 2.07. The quantitative estimate of drug-likeness (QED) is 0.882. The molecule has 1 fully saturated rings. The number of nitrogens with one attached hydrogen (secondary N) is 1. The number of amides is 1. The van der Waals surface area contributed by atoms with Gasteiger partial charge in [-0.2, -0.15) is 5.10 Å². The van der Waals surface area contributed by atoms with Crippen molar-refractivity contribution in [3.8, 4) is 0 Å². The van der Waals surface area contributed by atoms with Crippen LogP contribution in [0.3, 0.4) is 0 Å². The molecule has 1 aliphatic heterocycles. The molecule has 1 amide bonds. The fourth-order valence-corrected chi connectivity index (χ4v) is 3.95. The van der Waals surface area contributed by atoms with E-state index in [2.05, 4.69) is 32.8 Å². The Balaban J connectivity index is 1.38. The summed E-state index contributed by atoms with van der Waals surface area (Å²) in [6.45, 7) is 3.49. The van der Waals surface area contributed by atoms with Crippen molar-refractivity contribution in [2.75, 3.05) is 19.6 Å². The number of carbonyl (C=O) groups is 1. The van der Waals surface area contributed by atoms with Crippen LogP contribution in [0.15, 0.2) is 29.8 Å². The molecule has 1 N–H and O–H groups in total. The molecular weight excluding hydrogens is 308 g/mol. The minimum atomic E-state index is -0.198. The molecule has 2 aromatic heterocycles. The van der Waals surface area contributed by atoms with E-state index in [1.807, 2.05) is 16.9 Å². The summed E-state index contributed by atoms with van der Waals surface area (Å²) < 4.78 is 1.91. The van der Waals surface area contributed by atoms with Crippen molar-refractivity contribution >= 4 is 17.2 Å². The number of rotatable bonds is 6. The van der Waals surface area contributed by atoms with Gasteiger partial charge in [-0.05, 0) is 42.7 Å². The third kappa shape index (κ3) is 3.48. The van der Waals surface area contributed by atoms with Gasteiger partial charge < -0.3 is 5.32 Å². The Labute approximate surface area is 140 Å². The Morgan fingerprint density at radius 3 is 3.09 bits per heavy atom.